The maximum Gasteiger partial charge on any atom is 0.261 e. The zero-order chi connectivity index (χ0) is 16.8. The predicted octanol–water partition coefficient (Wildman–Crippen LogP) is 4.02. The highest BCUT2D eigenvalue weighted by Gasteiger charge is 2.16. The van der Waals surface area contributed by atoms with E-state index in [1.165, 1.54) is 61.2 Å². The second-order valence-electron chi connectivity index (χ2n) is 6.08. The zero-order valence-electron chi connectivity index (χ0n) is 13.6. The van der Waals surface area contributed by atoms with Crippen molar-refractivity contribution in [3.05, 3.63) is 27.3 Å². The molecule has 2 aromatic heterocycles. The number of nitrogens with zero attached hydrogens (tertiary/aromatic N) is 1. The number of anilines is 1. The molecule has 130 valence electrons. The Kier molecular flexibility index (Phi) is 6.09. The van der Waals surface area contributed by atoms with E-state index in [4.69, 9.17) is 0 Å². The number of hydrogen-bond donors (Lipinski definition) is 3. The van der Waals surface area contributed by atoms with E-state index in [1.54, 1.807) is 6.07 Å². The Morgan fingerprint density at radius 1 is 1.29 bits per heavy atom. The molecule has 1 amide bonds. The Labute approximate surface area is 150 Å². The summed E-state index contributed by atoms with van der Waals surface area (Å²) in [4.78, 5) is 17.7. The molecule has 1 aliphatic rings. The van der Waals surface area contributed by atoms with Crippen LogP contribution in [0, 0.1) is 0 Å². The highest BCUT2D eigenvalue weighted by Crippen LogP contribution is 2.30. The van der Waals surface area contributed by atoms with Crippen molar-refractivity contribution in [2.75, 3.05) is 11.9 Å². The number of rotatable bonds is 6. The van der Waals surface area contributed by atoms with Crippen LogP contribution in [0.2, 0.25) is 0 Å². The minimum atomic E-state index is -0.0641. The Balaban J connectivity index is 1.49. The largest absolute Gasteiger partial charge is 0.492 e. The summed E-state index contributed by atoms with van der Waals surface area (Å²) in [5, 5.41) is 19.0. The lowest BCUT2D eigenvalue weighted by Crippen LogP contribution is -2.24. The summed E-state index contributed by atoms with van der Waals surface area (Å²) in [7, 11) is 0. The molecule has 3 rings (SSSR count). The van der Waals surface area contributed by atoms with Gasteiger partial charge in [0.1, 0.15) is 0 Å². The van der Waals surface area contributed by atoms with Crippen LogP contribution < -0.4 is 10.6 Å². The van der Waals surface area contributed by atoms with Gasteiger partial charge in [-0.15, -0.1) is 11.3 Å². The highest BCUT2D eigenvalue weighted by molar-refractivity contribution is 7.15. The second-order valence-corrected chi connectivity index (χ2v) is 8.11. The molecule has 0 unspecified atom stereocenters. The van der Waals surface area contributed by atoms with Crippen molar-refractivity contribution < 1.29 is 9.90 Å². The van der Waals surface area contributed by atoms with E-state index in [-0.39, 0.29) is 11.8 Å². The van der Waals surface area contributed by atoms with Gasteiger partial charge >= 0.3 is 0 Å². The third-order valence-corrected chi connectivity index (χ3v) is 6.15. The van der Waals surface area contributed by atoms with Crippen LogP contribution in [0.3, 0.4) is 0 Å². The molecular weight excluding hydrogens is 342 g/mol. The molecule has 0 aromatic carbocycles. The van der Waals surface area contributed by atoms with Crippen LogP contribution in [-0.2, 0) is 6.42 Å². The van der Waals surface area contributed by atoms with Crippen molar-refractivity contribution >= 4 is 33.7 Å². The Hall–Kier alpha value is -1.60. The number of amides is 1. The number of aromatic hydroxyl groups is 1. The number of nitrogens with one attached hydrogen (secondary N) is 2. The van der Waals surface area contributed by atoms with E-state index < -0.39 is 0 Å². The van der Waals surface area contributed by atoms with Crippen molar-refractivity contribution in [1.82, 2.24) is 10.3 Å². The first kappa shape index (κ1) is 17.2. The lowest BCUT2D eigenvalue weighted by Gasteiger charge is -2.14. The van der Waals surface area contributed by atoms with Gasteiger partial charge in [-0.05, 0) is 24.3 Å². The molecule has 1 saturated carbocycles. The van der Waals surface area contributed by atoms with Gasteiger partial charge in [-0.2, -0.15) is 4.98 Å². The number of thiazole rings is 1. The van der Waals surface area contributed by atoms with Gasteiger partial charge in [0.25, 0.3) is 5.91 Å². The molecule has 1 fully saturated rings. The van der Waals surface area contributed by atoms with E-state index in [0.717, 1.165) is 10.0 Å². The first-order chi connectivity index (χ1) is 11.7. The van der Waals surface area contributed by atoms with Crippen molar-refractivity contribution in [2.24, 2.45) is 0 Å². The van der Waals surface area contributed by atoms with Gasteiger partial charge in [-0.3, -0.25) is 4.79 Å². The molecule has 0 spiro atoms. The van der Waals surface area contributed by atoms with Crippen LogP contribution in [0.25, 0.3) is 0 Å². The molecule has 3 N–H and O–H groups in total. The minimum Gasteiger partial charge on any atom is -0.492 e. The van der Waals surface area contributed by atoms with Crippen molar-refractivity contribution in [2.45, 2.75) is 51.0 Å². The summed E-state index contributed by atoms with van der Waals surface area (Å²) in [6, 6.07) is 4.13. The van der Waals surface area contributed by atoms with E-state index in [1.807, 2.05) is 11.4 Å². The van der Waals surface area contributed by atoms with Crippen LogP contribution in [-0.4, -0.2) is 28.6 Å². The maximum atomic E-state index is 11.9. The molecule has 0 bridgehead atoms. The van der Waals surface area contributed by atoms with Crippen LogP contribution in [0.15, 0.2) is 17.5 Å². The highest BCUT2D eigenvalue weighted by atomic mass is 32.1. The van der Waals surface area contributed by atoms with E-state index in [9.17, 15) is 9.90 Å². The van der Waals surface area contributed by atoms with E-state index >= 15 is 0 Å². The summed E-state index contributed by atoms with van der Waals surface area (Å²) >= 11 is 2.91. The molecule has 2 heterocycles. The van der Waals surface area contributed by atoms with Gasteiger partial charge in [0, 0.05) is 19.0 Å². The molecule has 1 aliphatic carbocycles. The summed E-state index contributed by atoms with van der Waals surface area (Å²) < 4.78 is 0. The zero-order valence-corrected chi connectivity index (χ0v) is 15.2. The number of hydrogen-bond acceptors (Lipinski definition) is 6. The third-order valence-electron chi connectivity index (χ3n) is 4.24. The molecule has 0 radical (unpaired) electrons. The normalized spacial score (nSPS) is 15.8. The van der Waals surface area contributed by atoms with Gasteiger partial charge < -0.3 is 15.7 Å². The molecule has 7 heteroatoms. The fraction of sp³-hybridized carbons (Fsp3) is 0.529. The van der Waals surface area contributed by atoms with Gasteiger partial charge in [-0.25, -0.2) is 0 Å². The van der Waals surface area contributed by atoms with Gasteiger partial charge in [-0.1, -0.05) is 43.1 Å². The summed E-state index contributed by atoms with van der Waals surface area (Å²) in [5.74, 6) is 0.0207. The second kappa shape index (κ2) is 8.48. The summed E-state index contributed by atoms with van der Waals surface area (Å²) in [6.45, 7) is 0.495. The minimum absolute atomic E-state index is 0.0641. The van der Waals surface area contributed by atoms with Crippen LogP contribution in [0.5, 0.6) is 5.88 Å². The molecular formula is C17H23N3O2S2. The topological polar surface area (TPSA) is 74.2 Å². The summed E-state index contributed by atoms with van der Waals surface area (Å²) in [6.07, 6.45) is 8.09. The average molecular weight is 366 g/mol. The molecule has 5 nitrogen and oxygen atoms in total. The first-order valence-electron chi connectivity index (χ1n) is 8.49. The molecule has 0 saturated heterocycles. The molecule has 24 heavy (non-hydrogen) atoms. The van der Waals surface area contributed by atoms with Crippen molar-refractivity contribution in [1.29, 1.82) is 0 Å². The number of aromatic nitrogens is 1. The fourth-order valence-corrected chi connectivity index (χ4v) is 4.52. The lowest BCUT2D eigenvalue weighted by atomic mass is 10.1. The predicted molar refractivity (Wildman–Crippen MR) is 99.2 cm³/mol. The Bertz CT molecular complexity index is 647. The smallest absolute Gasteiger partial charge is 0.261 e. The quantitative estimate of drug-likeness (QED) is 0.676. The monoisotopic (exact) mass is 365 g/mol. The number of thiophene rings is 1. The van der Waals surface area contributed by atoms with Crippen LogP contribution >= 0.6 is 22.7 Å². The van der Waals surface area contributed by atoms with Gasteiger partial charge in [0.2, 0.25) is 5.88 Å². The van der Waals surface area contributed by atoms with Crippen molar-refractivity contribution in [3.63, 3.8) is 0 Å². The fourth-order valence-electron chi connectivity index (χ4n) is 2.95. The number of carbonyl (C=O) groups excluding carboxylic acids is 1. The van der Waals surface area contributed by atoms with E-state index in [0.29, 0.717) is 23.9 Å². The van der Waals surface area contributed by atoms with Gasteiger partial charge in [0.15, 0.2) is 5.13 Å². The number of carbonyl (C=O) groups is 1. The molecule has 2 aromatic rings. The maximum absolute atomic E-state index is 11.9. The lowest BCUT2D eigenvalue weighted by molar-refractivity contribution is 0.0958. The van der Waals surface area contributed by atoms with E-state index in [2.05, 4.69) is 15.6 Å². The standard InChI is InChI=1S/C17H23N3O2S2/c21-15(13-8-5-11-23-13)18-10-9-14-16(22)20-17(24-14)19-12-6-3-1-2-4-7-12/h5,8,11-12,22H,1-4,6-7,9-10H2,(H,18,21)(H,19,20). The third kappa shape index (κ3) is 4.70. The van der Waals surface area contributed by atoms with Crippen LogP contribution in [0.1, 0.15) is 53.1 Å². The van der Waals surface area contributed by atoms with Crippen LogP contribution in [0.4, 0.5) is 5.13 Å². The Morgan fingerprint density at radius 3 is 2.79 bits per heavy atom. The van der Waals surface area contributed by atoms with Crippen molar-refractivity contribution in [3.8, 4) is 5.88 Å². The Morgan fingerprint density at radius 2 is 2.08 bits per heavy atom. The van der Waals surface area contributed by atoms with Gasteiger partial charge in [0.05, 0.1) is 9.75 Å². The summed E-state index contributed by atoms with van der Waals surface area (Å²) in [5.41, 5.74) is 0. The first-order valence-corrected chi connectivity index (χ1v) is 10.2. The molecule has 0 aliphatic heterocycles. The average Bonchev–Trinajstić information content (AvgIpc) is 3.13. The molecule has 0 atom stereocenters. The SMILES string of the molecule is O=C(NCCc1sc(NC2CCCCCC2)nc1O)c1cccs1.